The number of carbonyl (C=O) groups is 2. The maximum absolute atomic E-state index is 13.0. The number of carboxylic acid groups (broad SMARTS) is 1. The molecule has 0 saturated heterocycles. The van der Waals surface area contributed by atoms with Crippen LogP contribution in [0.3, 0.4) is 0 Å². The summed E-state index contributed by atoms with van der Waals surface area (Å²) in [6, 6.07) is -1.12. The van der Waals surface area contributed by atoms with E-state index < -0.39 is 35.9 Å². The Bertz CT molecular complexity index is 376. The minimum absolute atomic E-state index is 0.0653. The van der Waals surface area contributed by atoms with Gasteiger partial charge in [-0.2, -0.15) is 24.9 Å². The van der Waals surface area contributed by atoms with Gasteiger partial charge < -0.3 is 10.4 Å². The van der Waals surface area contributed by atoms with Crippen LogP contribution in [-0.4, -0.2) is 41.2 Å². The number of hydrogen-bond acceptors (Lipinski definition) is 3. The highest BCUT2D eigenvalue weighted by Gasteiger charge is 2.48. The van der Waals surface area contributed by atoms with Crippen molar-refractivity contribution in [1.29, 1.82) is 0 Å². The fraction of sp³-hybridized carbons (Fsp3) is 0.846. The second-order valence-corrected chi connectivity index (χ2v) is 6.21. The monoisotopic (exact) mass is 327 g/mol. The topological polar surface area (TPSA) is 66.4 Å². The highest BCUT2D eigenvalue weighted by atomic mass is 32.2. The molecule has 8 heteroatoms. The van der Waals surface area contributed by atoms with Crippen molar-refractivity contribution in [1.82, 2.24) is 5.32 Å². The quantitative estimate of drug-likeness (QED) is 0.787. The van der Waals surface area contributed by atoms with Crippen LogP contribution in [0.1, 0.15) is 32.1 Å². The number of rotatable bonds is 6. The molecule has 0 heterocycles. The van der Waals surface area contributed by atoms with Crippen LogP contribution in [0, 0.1) is 11.8 Å². The first kappa shape index (κ1) is 18.1. The van der Waals surface area contributed by atoms with Crippen LogP contribution in [-0.2, 0) is 9.59 Å². The summed E-state index contributed by atoms with van der Waals surface area (Å²) in [6.45, 7) is 0. The molecule has 3 atom stereocenters. The zero-order chi connectivity index (χ0) is 16.0. The van der Waals surface area contributed by atoms with Crippen molar-refractivity contribution in [2.75, 3.05) is 12.0 Å². The van der Waals surface area contributed by atoms with Crippen molar-refractivity contribution in [3.63, 3.8) is 0 Å². The summed E-state index contributed by atoms with van der Waals surface area (Å²) in [5.74, 6) is -4.32. The van der Waals surface area contributed by atoms with Gasteiger partial charge in [0, 0.05) is 5.92 Å². The summed E-state index contributed by atoms with van der Waals surface area (Å²) in [6.07, 6.45) is -1.32. The third-order valence-electron chi connectivity index (χ3n) is 3.75. The molecule has 0 bridgehead atoms. The molecule has 1 amide bonds. The summed E-state index contributed by atoms with van der Waals surface area (Å²) < 4.78 is 38.9. The Hall–Kier alpha value is -0.920. The van der Waals surface area contributed by atoms with Gasteiger partial charge in [-0.15, -0.1) is 0 Å². The van der Waals surface area contributed by atoms with Crippen LogP contribution in [0.5, 0.6) is 0 Å². The first-order valence-electron chi connectivity index (χ1n) is 6.86. The van der Waals surface area contributed by atoms with Crippen molar-refractivity contribution in [3.05, 3.63) is 0 Å². The van der Waals surface area contributed by atoms with Crippen molar-refractivity contribution >= 4 is 23.6 Å². The van der Waals surface area contributed by atoms with Crippen LogP contribution in [0.2, 0.25) is 0 Å². The largest absolute Gasteiger partial charge is 0.480 e. The number of halogens is 3. The molecule has 1 rings (SSSR count). The zero-order valence-electron chi connectivity index (χ0n) is 11.8. The summed E-state index contributed by atoms with van der Waals surface area (Å²) in [7, 11) is 0. The van der Waals surface area contributed by atoms with Crippen LogP contribution in [0.25, 0.3) is 0 Å². The van der Waals surface area contributed by atoms with E-state index in [9.17, 15) is 22.8 Å². The van der Waals surface area contributed by atoms with Crippen molar-refractivity contribution in [3.8, 4) is 0 Å². The summed E-state index contributed by atoms with van der Waals surface area (Å²) >= 11 is 1.42. The second-order valence-electron chi connectivity index (χ2n) is 5.22. The van der Waals surface area contributed by atoms with Crippen LogP contribution in [0.4, 0.5) is 13.2 Å². The van der Waals surface area contributed by atoms with Gasteiger partial charge in [0.25, 0.3) is 0 Å². The molecule has 2 unspecified atom stereocenters. The number of carbonyl (C=O) groups excluding carboxylic acids is 1. The Morgan fingerprint density at radius 1 is 1.33 bits per heavy atom. The van der Waals surface area contributed by atoms with Crippen molar-refractivity contribution < 1.29 is 27.9 Å². The average Bonchev–Trinajstić information content (AvgIpc) is 2.42. The van der Waals surface area contributed by atoms with E-state index in [1.54, 1.807) is 6.26 Å². The average molecular weight is 327 g/mol. The number of hydrogen-bond donors (Lipinski definition) is 2. The lowest BCUT2D eigenvalue weighted by Crippen LogP contribution is -2.48. The SMILES string of the molecule is CSCC[C@H](NC(=O)C1CCCCC1C(F)(F)F)C(=O)O. The van der Waals surface area contributed by atoms with Gasteiger partial charge >= 0.3 is 12.1 Å². The molecule has 1 aliphatic rings. The fourth-order valence-electron chi connectivity index (χ4n) is 2.61. The minimum atomic E-state index is -4.42. The maximum atomic E-state index is 13.0. The van der Waals surface area contributed by atoms with Crippen molar-refractivity contribution in [2.45, 2.75) is 44.3 Å². The Kier molecular flexibility index (Phi) is 6.83. The van der Waals surface area contributed by atoms with Crippen molar-refractivity contribution in [2.24, 2.45) is 11.8 Å². The first-order chi connectivity index (χ1) is 9.77. The predicted octanol–water partition coefficient (Wildman–Crippen LogP) is 2.68. The van der Waals surface area contributed by atoms with E-state index in [4.69, 9.17) is 5.11 Å². The molecule has 1 aliphatic carbocycles. The minimum Gasteiger partial charge on any atom is -0.480 e. The van der Waals surface area contributed by atoms with Gasteiger partial charge in [-0.25, -0.2) is 4.79 Å². The van der Waals surface area contributed by atoms with Gasteiger partial charge in [0.1, 0.15) is 6.04 Å². The molecular formula is C13H20F3NO3S. The molecule has 0 radical (unpaired) electrons. The number of amides is 1. The predicted molar refractivity (Wildman–Crippen MR) is 74.1 cm³/mol. The van der Waals surface area contributed by atoms with Crippen LogP contribution in [0.15, 0.2) is 0 Å². The van der Waals surface area contributed by atoms with Gasteiger partial charge in [0.15, 0.2) is 0 Å². The molecule has 2 N–H and O–H groups in total. The van der Waals surface area contributed by atoms with Crippen LogP contribution < -0.4 is 5.32 Å². The van der Waals surface area contributed by atoms with E-state index in [0.717, 1.165) is 0 Å². The number of alkyl halides is 3. The third kappa shape index (κ3) is 5.41. The van der Waals surface area contributed by atoms with Gasteiger partial charge in [0.05, 0.1) is 5.92 Å². The van der Waals surface area contributed by atoms with E-state index in [-0.39, 0.29) is 19.3 Å². The van der Waals surface area contributed by atoms with E-state index in [0.29, 0.717) is 18.6 Å². The van der Waals surface area contributed by atoms with Gasteiger partial charge in [-0.1, -0.05) is 12.8 Å². The number of aliphatic carboxylic acids is 1. The number of nitrogens with one attached hydrogen (secondary N) is 1. The third-order valence-corrected chi connectivity index (χ3v) is 4.39. The summed E-state index contributed by atoms with van der Waals surface area (Å²) in [5, 5.41) is 11.3. The lowest BCUT2D eigenvalue weighted by Gasteiger charge is -2.32. The molecule has 0 spiro atoms. The Morgan fingerprint density at radius 3 is 2.48 bits per heavy atom. The highest BCUT2D eigenvalue weighted by Crippen LogP contribution is 2.41. The highest BCUT2D eigenvalue weighted by molar-refractivity contribution is 7.98. The number of thioether (sulfide) groups is 1. The van der Waals surface area contributed by atoms with Gasteiger partial charge in [-0.3, -0.25) is 4.79 Å². The lowest BCUT2D eigenvalue weighted by atomic mass is 9.78. The standard InChI is InChI=1S/C13H20F3NO3S/c1-21-7-6-10(12(19)20)17-11(18)8-4-2-3-5-9(8)13(14,15)16/h8-10H,2-7H2,1H3,(H,17,18)(H,19,20)/t8?,9?,10-/m0/s1. The molecule has 0 aliphatic heterocycles. The Balaban J connectivity index is 2.72. The second kappa shape index (κ2) is 7.91. The normalized spacial score (nSPS) is 24.4. The maximum Gasteiger partial charge on any atom is 0.392 e. The zero-order valence-corrected chi connectivity index (χ0v) is 12.6. The number of carboxylic acids is 1. The fourth-order valence-corrected chi connectivity index (χ4v) is 3.08. The molecule has 0 aromatic rings. The Labute approximate surface area is 125 Å². The van der Waals surface area contributed by atoms with Gasteiger partial charge in [0.2, 0.25) is 5.91 Å². The first-order valence-corrected chi connectivity index (χ1v) is 8.25. The van der Waals surface area contributed by atoms with Gasteiger partial charge in [-0.05, 0) is 31.3 Å². The molecule has 1 saturated carbocycles. The molecule has 4 nitrogen and oxygen atoms in total. The molecule has 21 heavy (non-hydrogen) atoms. The Morgan fingerprint density at radius 2 is 1.95 bits per heavy atom. The van der Waals surface area contributed by atoms with E-state index >= 15 is 0 Å². The van der Waals surface area contributed by atoms with Crippen LogP contribution >= 0.6 is 11.8 Å². The summed E-state index contributed by atoms with van der Waals surface area (Å²) in [4.78, 5) is 23.1. The lowest BCUT2D eigenvalue weighted by molar-refractivity contribution is -0.198. The van der Waals surface area contributed by atoms with E-state index in [1.807, 2.05) is 0 Å². The molecule has 0 aromatic heterocycles. The molecule has 1 fully saturated rings. The summed E-state index contributed by atoms with van der Waals surface area (Å²) in [5.41, 5.74) is 0. The van der Waals surface area contributed by atoms with E-state index in [2.05, 4.69) is 5.32 Å². The van der Waals surface area contributed by atoms with E-state index in [1.165, 1.54) is 11.8 Å². The molecule has 122 valence electrons. The molecular weight excluding hydrogens is 307 g/mol. The smallest absolute Gasteiger partial charge is 0.392 e. The molecule has 0 aromatic carbocycles.